The van der Waals surface area contributed by atoms with Gasteiger partial charge < -0.3 is 5.73 Å². The maximum absolute atomic E-state index is 12.1. The van der Waals surface area contributed by atoms with E-state index in [4.69, 9.17) is 5.73 Å². The van der Waals surface area contributed by atoms with Gasteiger partial charge in [-0.15, -0.1) is 5.10 Å². The molecule has 0 amide bonds. The van der Waals surface area contributed by atoms with Crippen molar-refractivity contribution >= 4 is 5.82 Å². The van der Waals surface area contributed by atoms with Gasteiger partial charge in [0.25, 0.3) is 6.43 Å². The van der Waals surface area contributed by atoms with Gasteiger partial charge in [0.05, 0.1) is 5.69 Å². The first kappa shape index (κ1) is 8.40. The minimum Gasteiger partial charge on any atom is -0.381 e. The van der Waals surface area contributed by atoms with Crippen LogP contribution in [0.5, 0.6) is 0 Å². The molecule has 4 nitrogen and oxygen atoms in total. The van der Waals surface area contributed by atoms with Crippen LogP contribution in [0.1, 0.15) is 24.5 Å². The molecular formula is C7H10F2N4. The van der Waals surface area contributed by atoms with Gasteiger partial charge in [0, 0.05) is 5.92 Å². The predicted octanol–water partition coefficient (Wildman–Crippen LogP) is 1.00. The van der Waals surface area contributed by atoms with Gasteiger partial charge in [0.15, 0.2) is 5.82 Å². The number of alkyl halides is 2. The molecule has 1 aliphatic rings. The number of hydrogen-bond donors (Lipinski definition) is 1. The van der Waals surface area contributed by atoms with E-state index in [1.165, 1.54) is 4.68 Å². The molecule has 2 rings (SSSR count). The van der Waals surface area contributed by atoms with Gasteiger partial charge in [-0.25, -0.2) is 13.5 Å². The van der Waals surface area contributed by atoms with E-state index < -0.39 is 13.0 Å². The molecule has 1 heterocycles. The topological polar surface area (TPSA) is 56.7 Å². The van der Waals surface area contributed by atoms with Crippen LogP contribution < -0.4 is 5.73 Å². The van der Waals surface area contributed by atoms with Crippen LogP contribution in [0.25, 0.3) is 0 Å². The van der Waals surface area contributed by atoms with Gasteiger partial charge >= 0.3 is 0 Å². The zero-order chi connectivity index (χ0) is 9.42. The van der Waals surface area contributed by atoms with Gasteiger partial charge in [0.2, 0.25) is 0 Å². The predicted molar refractivity (Wildman–Crippen MR) is 42.4 cm³/mol. The number of hydrogen-bond acceptors (Lipinski definition) is 3. The molecule has 0 aliphatic heterocycles. The molecule has 1 fully saturated rings. The van der Waals surface area contributed by atoms with Crippen molar-refractivity contribution in [2.24, 2.45) is 0 Å². The first-order valence-electron chi connectivity index (χ1n) is 4.15. The van der Waals surface area contributed by atoms with E-state index in [0.717, 1.165) is 12.8 Å². The quantitative estimate of drug-likeness (QED) is 0.769. The number of aromatic nitrogens is 3. The Morgan fingerprint density at radius 1 is 1.54 bits per heavy atom. The summed E-state index contributed by atoms with van der Waals surface area (Å²) in [5, 5.41) is 7.17. The second kappa shape index (κ2) is 2.93. The average Bonchev–Trinajstić information content (AvgIpc) is 2.79. The first-order valence-corrected chi connectivity index (χ1v) is 4.15. The molecule has 0 spiro atoms. The van der Waals surface area contributed by atoms with Crippen LogP contribution in [0, 0.1) is 0 Å². The fraction of sp³-hybridized carbons (Fsp3) is 0.714. The molecule has 1 aromatic heterocycles. The standard InChI is InChI=1S/C7H10F2N4/c8-5(9)3-13-6(4-1-2-4)7(10)11-12-13/h4-5H,1-3,10H2. The molecule has 6 heteroatoms. The molecule has 1 aliphatic carbocycles. The van der Waals surface area contributed by atoms with Gasteiger partial charge in [-0.1, -0.05) is 5.21 Å². The Labute approximate surface area is 73.7 Å². The van der Waals surface area contributed by atoms with Crippen LogP contribution in [-0.2, 0) is 6.54 Å². The fourth-order valence-electron chi connectivity index (χ4n) is 1.38. The minimum atomic E-state index is -2.40. The maximum Gasteiger partial charge on any atom is 0.257 e. The number of halogens is 2. The molecular weight excluding hydrogens is 178 g/mol. The van der Waals surface area contributed by atoms with Crippen molar-refractivity contribution in [2.75, 3.05) is 5.73 Å². The lowest BCUT2D eigenvalue weighted by atomic mass is 10.3. The third-order valence-electron chi connectivity index (χ3n) is 2.08. The van der Waals surface area contributed by atoms with E-state index in [1.54, 1.807) is 0 Å². The van der Waals surface area contributed by atoms with Crippen molar-refractivity contribution in [3.05, 3.63) is 5.69 Å². The highest BCUT2D eigenvalue weighted by atomic mass is 19.3. The summed E-state index contributed by atoms with van der Waals surface area (Å²) in [4.78, 5) is 0. The highest BCUT2D eigenvalue weighted by Gasteiger charge is 2.31. The molecule has 2 N–H and O–H groups in total. The van der Waals surface area contributed by atoms with Crippen LogP contribution in [0.4, 0.5) is 14.6 Å². The lowest BCUT2D eigenvalue weighted by Crippen LogP contribution is -2.11. The summed E-state index contributed by atoms with van der Waals surface area (Å²) >= 11 is 0. The Hall–Kier alpha value is -1.20. The Balaban J connectivity index is 2.23. The Bertz CT molecular complexity index is 305. The third kappa shape index (κ3) is 1.61. The highest BCUT2D eigenvalue weighted by molar-refractivity contribution is 5.38. The van der Waals surface area contributed by atoms with Crippen molar-refractivity contribution in [1.29, 1.82) is 0 Å². The molecule has 0 saturated heterocycles. The second-order valence-corrected chi connectivity index (χ2v) is 3.21. The van der Waals surface area contributed by atoms with E-state index in [0.29, 0.717) is 17.4 Å². The van der Waals surface area contributed by atoms with E-state index in [-0.39, 0.29) is 0 Å². The second-order valence-electron chi connectivity index (χ2n) is 3.21. The summed E-state index contributed by atoms with van der Waals surface area (Å²) < 4.78 is 25.3. The third-order valence-corrected chi connectivity index (χ3v) is 2.08. The summed E-state index contributed by atoms with van der Waals surface area (Å²) in [7, 11) is 0. The number of anilines is 1. The van der Waals surface area contributed by atoms with Crippen LogP contribution >= 0.6 is 0 Å². The molecule has 0 bridgehead atoms. The van der Waals surface area contributed by atoms with Crippen molar-refractivity contribution in [3.8, 4) is 0 Å². The molecule has 0 aromatic carbocycles. The normalized spacial score (nSPS) is 16.8. The van der Waals surface area contributed by atoms with E-state index in [9.17, 15) is 8.78 Å². The van der Waals surface area contributed by atoms with Crippen molar-refractivity contribution in [3.63, 3.8) is 0 Å². The smallest absolute Gasteiger partial charge is 0.257 e. The van der Waals surface area contributed by atoms with Gasteiger partial charge in [-0.2, -0.15) is 0 Å². The first-order chi connectivity index (χ1) is 6.18. The SMILES string of the molecule is Nc1nnn(CC(F)F)c1C1CC1. The summed E-state index contributed by atoms with van der Waals surface area (Å²) in [6.45, 7) is -0.407. The lowest BCUT2D eigenvalue weighted by molar-refractivity contribution is 0.119. The van der Waals surface area contributed by atoms with Crippen molar-refractivity contribution < 1.29 is 8.78 Å². The van der Waals surface area contributed by atoms with E-state index in [2.05, 4.69) is 10.3 Å². The van der Waals surface area contributed by atoms with Crippen molar-refractivity contribution in [2.45, 2.75) is 31.7 Å². The Kier molecular flexibility index (Phi) is 1.90. The number of nitrogens with zero attached hydrogens (tertiary/aromatic N) is 3. The number of nitrogen functional groups attached to an aromatic ring is 1. The molecule has 1 saturated carbocycles. The van der Waals surface area contributed by atoms with Crippen LogP contribution in [-0.4, -0.2) is 21.4 Å². The molecule has 0 radical (unpaired) electrons. The highest BCUT2D eigenvalue weighted by Crippen LogP contribution is 2.41. The van der Waals surface area contributed by atoms with Gasteiger partial charge in [-0.05, 0) is 12.8 Å². The fourth-order valence-corrected chi connectivity index (χ4v) is 1.38. The van der Waals surface area contributed by atoms with Crippen LogP contribution in [0.3, 0.4) is 0 Å². The Morgan fingerprint density at radius 3 is 2.77 bits per heavy atom. The van der Waals surface area contributed by atoms with Crippen LogP contribution in [0.2, 0.25) is 0 Å². The summed E-state index contributed by atoms with van der Waals surface area (Å²) in [5.74, 6) is 0.594. The van der Waals surface area contributed by atoms with Crippen LogP contribution in [0.15, 0.2) is 0 Å². The van der Waals surface area contributed by atoms with E-state index >= 15 is 0 Å². The molecule has 72 valence electrons. The Morgan fingerprint density at radius 2 is 2.23 bits per heavy atom. The number of rotatable bonds is 3. The average molecular weight is 188 g/mol. The molecule has 0 atom stereocenters. The number of nitrogens with two attached hydrogens (primary N) is 1. The molecule has 13 heavy (non-hydrogen) atoms. The van der Waals surface area contributed by atoms with E-state index in [1.807, 2.05) is 0 Å². The van der Waals surface area contributed by atoms with Crippen molar-refractivity contribution in [1.82, 2.24) is 15.0 Å². The van der Waals surface area contributed by atoms with Gasteiger partial charge in [-0.3, -0.25) is 0 Å². The molecule has 1 aromatic rings. The summed E-state index contributed by atoms with van der Waals surface area (Å²) in [6.07, 6.45) is -0.402. The zero-order valence-electron chi connectivity index (χ0n) is 6.95. The maximum atomic E-state index is 12.1. The summed E-state index contributed by atoms with van der Waals surface area (Å²) in [6, 6.07) is 0. The summed E-state index contributed by atoms with van der Waals surface area (Å²) in [5.41, 5.74) is 6.20. The minimum absolute atomic E-state index is 0.295. The zero-order valence-corrected chi connectivity index (χ0v) is 6.95. The molecule has 0 unspecified atom stereocenters. The lowest BCUT2D eigenvalue weighted by Gasteiger charge is -2.03. The monoisotopic (exact) mass is 188 g/mol. The largest absolute Gasteiger partial charge is 0.381 e. The van der Waals surface area contributed by atoms with Gasteiger partial charge in [0.1, 0.15) is 6.54 Å².